The standard InChI is InChI=1S/C11H10FN3O2/c1-17-10-4-6(2-3-7(10)12)8-5-9(11(13)16)15-14-8/h2-5H,1H3,(H2,13,16)(H,14,15). The Hall–Kier alpha value is -2.37. The van der Waals surface area contributed by atoms with Crippen LogP contribution in [0.4, 0.5) is 4.39 Å². The number of amides is 1. The predicted molar refractivity (Wildman–Crippen MR) is 59.1 cm³/mol. The number of nitrogens with one attached hydrogen (secondary N) is 1. The Balaban J connectivity index is 2.42. The average Bonchev–Trinajstić information content (AvgIpc) is 2.79. The van der Waals surface area contributed by atoms with Gasteiger partial charge in [-0.1, -0.05) is 0 Å². The molecule has 3 N–H and O–H groups in total. The fraction of sp³-hybridized carbons (Fsp3) is 0.0909. The number of ether oxygens (including phenoxy) is 1. The van der Waals surface area contributed by atoms with Gasteiger partial charge in [-0.15, -0.1) is 0 Å². The molecule has 1 aromatic heterocycles. The maximum Gasteiger partial charge on any atom is 0.266 e. The molecule has 0 aliphatic carbocycles. The molecule has 0 aliphatic rings. The van der Waals surface area contributed by atoms with Crippen molar-refractivity contribution in [2.45, 2.75) is 0 Å². The summed E-state index contributed by atoms with van der Waals surface area (Å²) < 4.78 is 18.0. The molecule has 0 bridgehead atoms. The molecule has 88 valence electrons. The van der Waals surface area contributed by atoms with E-state index in [4.69, 9.17) is 10.5 Å². The van der Waals surface area contributed by atoms with Crippen molar-refractivity contribution in [3.05, 3.63) is 35.8 Å². The second-order valence-corrected chi connectivity index (χ2v) is 3.38. The number of rotatable bonds is 3. The Morgan fingerprint density at radius 1 is 1.47 bits per heavy atom. The third-order valence-electron chi connectivity index (χ3n) is 2.29. The average molecular weight is 235 g/mol. The lowest BCUT2D eigenvalue weighted by atomic mass is 10.1. The lowest BCUT2D eigenvalue weighted by Crippen LogP contribution is -2.10. The Morgan fingerprint density at radius 3 is 2.82 bits per heavy atom. The van der Waals surface area contributed by atoms with Crippen molar-refractivity contribution < 1.29 is 13.9 Å². The SMILES string of the molecule is COc1cc(-c2cc(C(N)=O)[nH]n2)ccc1F. The molecule has 0 unspecified atom stereocenters. The highest BCUT2D eigenvalue weighted by molar-refractivity contribution is 5.91. The number of methoxy groups -OCH3 is 1. The summed E-state index contributed by atoms with van der Waals surface area (Å²) in [4.78, 5) is 10.9. The summed E-state index contributed by atoms with van der Waals surface area (Å²) in [5.41, 5.74) is 6.42. The van der Waals surface area contributed by atoms with Crippen LogP contribution in [-0.2, 0) is 0 Å². The fourth-order valence-electron chi connectivity index (χ4n) is 1.41. The van der Waals surface area contributed by atoms with Gasteiger partial charge in [0.25, 0.3) is 5.91 Å². The van der Waals surface area contributed by atoms with Gasteiger partial charge in [-0.25, -0.2) is 4.39 Å². The lowest BCUT2D eigenvalue weighted by Gasteiger charge is -2.03. The van der Waals surface area contributed by atoms with E-state index in [1.165, 1.54) is 25.3 Å². The van der Waals surface area contributed by atoms with E-state index in [-0.39, 0.29) is 11.4 Å². The number of carbonyl (C=O) groups is 1. The highest BCUT2D eigenvalue weighted by Gasteiger charge is 2.10. The monoisotopic (exact) mass is 235 g/mol. The van der Waals surface area contributed by atoms with Crippen LogP contribution in [0.2, 0.25) is 0 Å². The molecule has 2 rings (SSSR count). The number of carbonyl (C=O) groups excluding carboxylic acids is 1. The number of nitrogens with zero attached hydrogens (tertiary/aromatic N) is 1. The van der Waals surface area contributed by atoms with E-state index in [1.807, 2.05) is 0 Å². The van der Waals surface area contributed by atoms with E-state index >= 15 is 0 Å². The third-order valence-corrected chi connectivity index (χ3v) is 2.29. The Labute approximate surface area is 96.4 Å². The van der Waals surface area contributed by atoms with Crippen molar-refractivity contribution >= 4 is 5.91 Å². The van der Waals surface area contributed by atoms with Gasteiger partial charge >= 0.3 is 0 Å². The van der Waals surface area contributed by atoms with Gasteiger partial charge in [0, 0.05) is 5.56 Å². The minimum absolute atomic E-state index is 0.117. The molecule has 0 fully saturated rings. The molecule has 1 heterocycles. The van der Waals surface area contributed by atoms with Crippen LogP contribution < -0.4 is 10.5 Å². The Kier molecular flexibility index (Phi) is 2.78. The van der Waals surface area contributed by atoms with Crippen LogP contribution in [0.15, 0.2) is 24.3 Å². The topological polar surface area (TPSA) is 81.0 Å². The van der Waals surface area contributed by atoms with Crippen LogP contribution >= 0.6 is 0 Å². The zero-order valence-corrected chi connectivity index (χ0v) is 9.03. The number of hydrogen-bond donors (Lipinski definition) is 2. The maximum absolute atomic E-state index is 13.2. The summed E-state index contributed by atoms with van der Waals surface area (Å²) in [6.45, 7) is 0. The van der Waals surface area contributed by atoms with E-state index in [2.05, 4.69) is 10.2 Å². The number of halogens is 1. The first-order valence-electron chi connectivity index (χ1n) is 4.81. The number of nitrogens with two attached hydrogens (primary N) is 1. The highest BCUT2D eigenvalue weighted by Crippen LogP contribution is 2.25. The molecule has 6 heteroatoms. The van der Waals surface area contributed by atoms with Gasteiger partial charge in [0.15, 0.2) is 11.6 Å². The molecule has 0 saturated carbocycles. The molecule has 0 atom stereocenters. The minimum atomic E-state index is -0.599. The summed E-state index contributed by atoms with van der Waals surface area (Å²) in [5.74, 6) is -0.939. The number of aromatic amines is 1. The summed E-state index contributed by atoms with van der Waals surface area (Å²) >= 11 is 0. The number of hydrogen-bond acceptors (Lipinski definition) is 3. The molecular formula is C11H10FN3O2. The van der Waals surface area contributed by atoms with Crippen LogP contribution in [0.3, 0.4) is 0 Å². The highest BCUT2D eigenvalue weighted by atomic mass is 19.1. The van der Waals surface area contributed by atoms with Crippen molar-refractivity contribution in [1.82, 2.24) is 10.2 Å². The van der Waals surface area contributed by atoms with Crippen molar-refractivity contribution in [1.29, 1.82) is 0 Å². The predicted octanol–water partition coefficient (Wildman–Crippen LogP) is 1.32. The van der Waals surface area contributed by atoms with E-state index in [1.54, 1.807) is 6.07 Å². The van der Waals surface area contributed by atoms with Gasteiger partial charge in [0.2, 0.25) is 0 Å². The Bertz CT molecular complexity index is 566. The van der Waals surface area contributed by atoms with Crippen molar-refractivity contribution in [3.63, 3.8) is 0 Å². The first-order valence-corrected chi connectivity index (χ1v) is 4.81. The second-order valence-electron chi connectivity index (χ2n) is 3.38. The third kappa shape index (κ3) is 2.10. The van der Waals surface area contributed by atoms with E-state index in [0.29, 0.717) is 11.3 Å². The van der Waals surface area contributed by atoms with Gasteiger partial charge in [0.1, 0.15) is 5.69 Å². The number of aromatic nitrogens is 2. The van der Waals surface area contributed by atoms with Crippen molar-refractivity contribution in [2.24, 2.45) is 5.73 Å². The van der Waals surface area contributed by atoms with Gasteiger partial charge in [-0.3, -0.25) is 9.89 Å². The van der Waals surface area contributed by atoms with E-state index in [0.717, 1.165) is 0 Å². The van der Waals surface area contributed by atoms with Crippen LogP contribution in [0.5, 0.6) is 5.75 Å². The van der Waals surface area contributed by atoms with Crippen molar-refractivity contribution in [3.8, 4) is 17.0 Å². The minimum Gasteiger partial charge on any atom is -0.494 e. The molecule has 0 radical (unpaired) electrons. The molecule has 5 nitrogen and oxygen atoms in total. The summed E-state index contributed by atoms with van der Waals surface area (Å²) in [5, 5.41) is 6.41. The quantitative estimate of drug-likeness (QED) is 0.841. The first-order chi connectivity index (χ1) is 8.11. The molecule has 2 aromatic rings. The summed E-state index contributed by atoms with van der Waals surface area (Å²) in [6, 6.07) is 5.80. The summed E-state index contributed by atoms with van der Waals surface area (Å²) in [6.07, 6.45) is 0. The zero-order valence-electron chi connectivity index (χ0n) is 9.03. The smallest absolute Gasteiger partial charge is 0.266 e. The van der Waals surface area contributed by atoms with Crippen LogP contribution in [-0.4, -0.2) is 23.2 Å². The molecule has 1 aromatic carbocycles. The fourth-order valence-corrected chi connectivity index (χ4v) is 1.41. The Morgan fingerprint density at radius 2 is 2.24 bits per heavy atom. The molecular weight excluding hydrogens is 225 g/mol. The number of H-pyrrole nitrogens is 1. The van der Waals surface area contributed by atoms with Gasteiger partial charge in [0.05, 0.1) is 12.8 Å². The maximum atomic E-state index is 13.2. The molecule has 0 spiro atoms. The van der Waals surface area contributed by atoms with E-state index in [9.17, 15) is 9.18 Å². The molecule has 0 saturated heterocycles. The number of primary amides is 1. The largest absolute Gasteiger partial charge is 0.494 e. The van der Waals surface area contributed by atoms with Crippen LogP contribution in [0.25, 0.3) is 11.3 Å². The molecule has 0 aliphatic heterocycles. The van der Waals surface area contributed by atoms with Crippen LogP contribution in [0.1, 0.15) is 10.5 Å². The summed E-state index contributed by atoms with van der Waals surface area (Å²) in [7, 11) is 1.38. The van der Waals surface area contributed by atoms with Gasteiger partial charge < -0.3 is 10.5 Å². The second kappa shape index (κ2) is 4.25. The van der Waals surface area contributed by atoms with Crippen molar-refractivity contribution in [2.75, 3.05) is 7.11 Å². The van der Waals surface area contributed by atoms with Gasteiger partial charge in [-0.2, -0.15) is 5.10 Å². The lowest BCUT2D eigenvalue weighted by molar-refractivity contribution is 0.0995. The molecule has 1 amide bonds. The zero-order chi connectivity index (χ0) is 12.4. The molecule has 17 heavy (non-hydrogen) atoms. The van der Waals surface area contributed by atoms with Gasteiger partial charge in [-0.05, 0) is 24.3 Å². The normalized spacial score (nSPS) is 10.2. The van der Waals surface area contributed by atoms with Crippen LogP contribution in [0, 0.1) is 5.82 Å². The van der Waals surface area contributed by atoms with E-state index < -0.39 is 11.7 Å². The number of benzene rings is 1. The first kappa shape index (κ1) is 11.1.